The SMILES string of the molecule is C/C=C/C=C/c1cccc(N(c2ccccc2)c2ccc(-c3ccc(N(c4ccccc4)c4cccc(/C=C/C=C/C)c4)cc3)cc2)c1. The number of allylic oxidation sites excluding steroid dienone is 6. The van der Waals surface area contributed by atoms with Gasteiger partial charge in [-0.1, -0.05) is 134 Å². The Labute approximate surface area is 285 Å². The maximum Gasteiger partial charge on any atom is 0.0467 e. The van der Waals surface area contributed by atoms with E-state index < -0.39 is 0 Å². The van der Waals surface area contributed by atoms with Crippen molar-refractivity contribution in [1.82, 2.24) is 0 Å². The molecule has 0 fully saturated rings. The van der Waals surface area contributed by atoms with Gasteiger partial charge in [-0.15, -0.1) is 0 Å². The van der Waals surface area contributed by atoms with E-state index >= 15 is 0 Å². The summed E-state index contributed by atoms with van der Waals surface area (Å²) in [6.07, 6.45) is 16.6. The van der Waals surface area contributed by atoms with Crippen molar-refractivity contribution in [3.05, 3.63) is 205 Å². The molecule has 0 aromatic heterocycles. The Balaban J connectivity index is 1.30. The van der Waals surface area contributed by atoms with Crippen LogP contribution >= 0.6 is 0 Å². The molecule has 0 aliphatic heterocycles. The summed E-state index contributed by atoms with van der Waals surface area (Å²) in [4.78, 5) is 4.61. The summed E-state index contributed by atoms with van der Waals surface area (Å²) >= 11 is 0. The molecule has 6 aromatic rings. The molecule has 0 N–H and O–H groups in total. The van der Waals surface area contributed by atoms with E-state index in [1.807, 2.05) is 26.0 Å². The molecule has 0 radical (unpaired) electrons. The van der Waals surface area contributed by atoms with Gasteiger partial charge in [0.15, 0.2) is 0 Å². The third kappa shape index (κ3) is 7.81. The van der Waals surface area contributed by atoms with Crippen LogP contribution in [-0.4, -0.2) is 0 Å². The van der Waals surface area contributed by atoms with E-state index in [4.69, 9.17) is 0 Å². The molecule has 0 saturated carbocycles. The second-order valence-corrected chi connectivity index (χ2v) is 11.4. The number of anilines is 6. The van der Waals surface area contributed by atoms with Gasteiger partial charge in [0.2, 0.25) is 0 Å². The van der Waals surface area contributed by atoms with Crippen molar-refractivity contribution >= 4 is 46.3 Å². The van der Waals surface area contributed by atoms with Gasteiger partial charge >= 0.3 is 0 Å². The molecule has 0 saturated heterocycles. The van der Waals surface area contributed by atoms with Crippen LogP contribution in [0.25, 0.3) is 23.3 Å². The zero-order chi connectivity index (χ0) is 33.0. The number of rotatable bonds is 11. The van der Waals surface area contributed by atoms with Gasteiger partial charge in [-0.05, 0) is 109 Å². The molecular weight excluding hydrogens is 581 g/mol. The molecule has 0 bridgehead atoms. The largest absolute Gasteiger partial charge is 0.310 e. The number of nitrogens with zero attached hydrogens (tertiary/aromatic N) is 2. The fourth-order valence-electron chi connectivity index (χ4n) is 5.75. The monoisotopic (exact) mass is 620 g/mol. The van der Waals surface area contributed by atoms with E-state index in [0.29, 0.717) is 0 Å². The van der Waals surface area contributed by atoms with Gasteiger partial charge in [0, 0.05) is 34.1 Å². The smallest absolute Gasteiger partial charge is 0.0467 e. The predicted molar refractivity (Wildman–Crippen MR) is 209 cm³/mol. The number of hydrogen-bond acceptors (Lipinski definition) is 2. The highest BCUT2D eigenvalue weighted by Crippen LogP contribution is 2.38. The highest BCUT2D eigenvalue weighted by molar-refractivity contribution is 5.81. The van der Waals surface area contributed by atoms with Crippen LogP contribution in [0.2, 0.25) is 0 Å². The molecule has 0 atom stereocenters. The van der Waals surface area contributed by atoms with Crippen LogP contribution in [0.15, 0.2) is 194 Å². The molecule has 0 unspecified atom stereocenters. The molecule has 0 amide bonds. The number of para-hydroxylation sites is 2. The lowest BCUT2D eigenvalue weighted by Crippen LogP contribution is -2.10. The minimum atomic E-state index is 1.11. The van der Waals surface area contributed by atoms with E-state index in [1.54, 1.807) is 0 Å². The predicted octanol–water partition coefficient (Wildman–Crippen LogP) is 13.5. The first-order valence-electron chi connectivity index (χ1n) is 16.4. The molecule has 6 aromatic carbocycles. The Bertz CT molecular complexity index is 1870. The van der Waals surface area contributed by atoms with Gasteiger partial charge in [0.25, 0.3) is 0 Å². The van der Waals surface area contributed by atoms with Crippen molar-refractivity contribution in [2.75, 3.05) is 9.80 Å². The van der Waals surface area contributed by atoms with Crippen molar-refractivity contribution < 1.29 is 0 Å². The molecule has 0 aliphatic carbocycles. The highest BCUT2D eigenvalue weighted by Gasteiger charge is 2.15. The summed E-state index contributed by atoms with van der Waals surface area (Å²) in [6.45, 7) is 4.06. The standard InChI is InChI=1S/C46H40N2/c1-3-5-9-17-37-19-15-25-45(35-37)47(41-21-11-7-12-22-41)43-31-27-39(28-32-43)40-29-33-44(34-30-40)48(42-23-13-8-14-24-42)46-26-16-20-38(36-46)18-10-6-4-2/h3-36H,1-2H3/b5-3+,6-4+,17-9+,18-10+. The van der Waals surface area contributed by atoms with Gasteiger partial charge < -0.3 is 9.80 Å². The quantitative estimate of drug-likeness (QED) is 0.133. The van der Waals surface area contributed by atoms with Crippen LogP contribution in [0.1, 0.15) is 25.0 Å². The molecule has 0 heterocycles. The number of benzene rings is 6. The van der Waals surface area contributed by atoms with E-state index in [9.17, 15) is 0 Å². The van der Waals surface area contributed by atoms with Gasteiger partial charge in [-0.2, -0.15) is 0 Å². The first-order chi connectivity index (χ1) is 23.7. The maximum absolute atomic E-state index is 2.31. The fraction of sp³-hybridized carbons (Fsp3) is 0.0435. The Kier molecular flexibility index (Phi) is 10.6. The van der Waals surface area contributed by atoms with E-state index in [-0.39, 0.29) is 0 Å². The molecule has 0 spiro atoms. The second kappa shape index (κ2) is 15.9. The third-order valence-corrected chi connectivity index (χ3v) is 8.05. The Morgan fingerprint density at radius 1 is 0.333 bits per heavy atom. The summed E-state index contributed by atoms with van der Waals surface area (Å²) in [6, 6.07) is 56.1. The van der Waals surface area contributed by atoms with E-state index in [1.165, 1.54) is 11.1 Å². The minimum absolute atomic E-state index is 1.11. The van der Waals surface area contributed by atoms with Gasteiger partial charge in [-0.25, -0.2) is 0 Å². The lowest BCUT2D eigenvalue weighted by molar-refractivity contribution is 1.28. The molecule has 0 aliphatic rings. The van der Waals surface area contributed by atoms with Crippen LogP contribution in [0.5, 0.6) is 0 Å². The Morgan fingerprint density at radius 3 is 1.06 bits per heavy atom. The average Bonchev–Trinajstić information content (AvgIpc) is 3.14. The van der Waals surface area contributed by atoms with Crippen LogP contribution in [0.3, 0.4) is 0 Å². The van der Waals surface area contributed by atoms with Crippen molar-refractivity contribution in [3.8, 4) is 11.1 Å². The molecule has 48 heavy (non-hydrogen) atoms. The second-order valence-electron chi connectivity index (χ2n) is 11.4. The summed E-state index contributed by atoms with van der Waals surface area (Å²) in [5, 5.41) is 0. The summed E-state index contributed by atoms with van der Waals surface area (Å²) in [5.41, 5.74) is 11.3. The minimum Gasteiger partial charge on any atom is -0.310 e. The van der Waals surface area contributed by atoms with E-state index in [2.05, 4.69) is 204 Å². The van der Waals surface area contributed by atoms with Gasteiger partial charge in [-0.3, -0.25) is 0 Å². The van der Waals surface area contributed by atoms with Crippen LogP contribution in [0, 0.1) is 0 Å². The van der Waals surface area contributed by atoms with Gasteiger partial charge in [0.1, 0.15) is 0 Å². The summed E-state index contributed by atoms with van der Waals surface area (Å²) in [7, 11) is 0. The lowest BCUT2D eigenvalue weighted by atomic mass is 10.0. The summed E-state index contributed by atoms with van der Waals surface area (Å²) in [5.74, 6) is 0. The fourth-order valence-corrected chi connectivity index (χ4v) is 5.75. The first kappa shape index (κ1) is 31.8. The average molecular weight is 621 g/mol. The van der Waals surface area contributed by atoms with Crippen molar-refractivity contribution in [2.45, 2.75) is 13.8 Å². The van der Waals surface area contributed by atoms with Crippen molar-refractivity contribution in [2.24, 2.45) is 0 Å². The molecular formula is C46H40N2. The summed E-state index contributed by atoms with van der Waals surface area (Å²) < 4.78 is 0. The zero-order valence-corrected chi connectivity index (χ0v) is 27.5. The molecule has 2 nitrogen and oxygen atoms in total. The molecule has 2 heteroatoms. The Morgan fingerprint density at radius 2 is 0.688 bits per heavy atom. The first-order valence-corrected chi connectivity index (χ1v) is 16.4. The third-order valence-electron chi connectivity index (χ3n) is 8.05. The van der Waals surface area contributed by atoms with Crippen molar-refractivity contribution in [3.63, 3.8) is 0 Å². The van der Waals surface area contributed by atoms with Crippen LogP contribution in [-0.2, 0) is 0 Å². The van der Waals surface area contributed by atoms with Crippen LogP contribution < -0.4 is 9.80 Å². The number of hydrogen-bond donors (Lipinski definition) is 0. The Hall–Kier alpha value is -6.12. The van der Waals surface area contributed by atoms with Crippen molar-refractivity contribution in [1.29, 1.82) is 0 Å². The maximum atomic E-state index is 2.31. The normalized spacial score (nSPS) is 11.6. The molecule has 6 rings (SSSR count). The lowest BCUT2D eigenvalue weighted by Gasteiger charge is -2.26. The molecule has 234 valence electrons. The highest BCUT2D eigenvalue weighted by atomic mass is 15.1. The zero-order valence-electron chi connectivity index (χ0n) is 27.5. The van der Waals surface area contributed by atoms with E-state index in [0.717, 1.165) is 45.3 Å². The van der Waals surface area contributed by atoms with Gasteiger partial charge in [0.05, 0.1) is 0 Å². The topological polar surface area (TPSA) is 6.48 Å². The van der Waals surface area contributed by atoms with Crippen LogP contribution in [0.4, 0.5) is 34.1 Å².